The Bertz CT molecular complexity index is 1080. The molecular formula is C25H25NO8S2. The molecule has 11 heteroatoms. The van der Waals surface area contributed by atoms with E-state index >= 15 is 0 Å². The number of rotatable bonds is 12. The molecule has 1 fully saturated rings. The van der Waals surface area contributed by atoms with E-state index in [0.717, 1.165) is 17.3 Å². The van der Waals surface area contributed by atoms with E-state index in [1.54, 1.807) is 12.1 Å². The summed E-state index contributed by atoms with van der Waals surface area (Å²) in [5.41, 5.74) is 1.01. The first-order valence-electron chi connectivity index (χ1n) is 11.1. The molecular weight excluding hydrogens is 506 g/mol. The van der Waals surface area contributed by atoms with E-state index in [4.69, 9.17) is 26.8 Å². The third-order valence-corrected chi connectivity index (χ3v) is 6.50. The number of carboxylic acid groups (broad SMARTS) is 1. The highest BCUT2D eigenvalue weighted by molar-refractivity contribution is 8.13. The van der Waals surface area contributed by atoms with Gasteiger partial charge in [-0.2, -0.15) is 0 Å². The van der Waals surface area contributed by atoms with Crippen molar-refractivity contribution in [2.45, 2.75) is 25.5 Å². The molecule has 9 nitrogen and oxygen atoms in total. The molecule has 190 valence electrons. The van der Waals surface area contributed by atoms with Gasteiger partial charge in [0.25, 0.3) is 5.17 Å². The molecule has 0 bridgehead atoms. The van der Waals surface area contributed by atoms with Crippen LogP contribution >= 0.6 is 24.0 Å². The van der Waals surface area contributed by atoms with Crippen LogP contribution in [0.2, 0.25) is 0 Å². The van der Waals surface area contributed by atoms with Gasteiger partial charge in [-0.3, -0.25) is 19.2 Å². The maximum atomic E-state index is 12.6. The molecule has 2 aromatic rings. The van der Waals surface area contributed by atoms with Crippen LogP contribution in [0.15, 0.2) is 60.7 Å². The minimum Gasteiger partial charge on any atom is -0.490 e. The van der Waals surface area contributed by atoms with Gasteiger partial charge in [-0.05, 0) is 29.9 Å². The Balaban J connectivity index is 1.55. The van der Waals surface area contributed by atoms with Crippen molar-refractivity contribution >= 4 is 52.2 Å². The number of benzene rings is 2. The van der Waals surface area contributed by atoms with Gasteiger partial charge in [0.1, 0.15) is 18.5 Å². The smallest absolute Gasteiger partial charge is 0.318 e. The van der Waals surface area contributed by atoms with Crippen LogP contribution in [-0.4, -0.2) is 51.8 Å². The summed E-state index contributed by atoms with van der Waals surface area (Å²) in [5, 5.41) is 11.8. The van der Waals surface area contributed by atoms with Crippen LogP contribution in [0.3, 0.4) is 0 Å². The topological polar surface area (TPSA) is 128 Å². The van der Waals surface area contributed by atoms with Gasteiger partial charge in [-0.15, -0.1) is 0 Å². The van der Waals surface area contributed by atoms with Gasteiger partial charge >= 0.3 is 17.9 Å². The van der Waals surface area contributed by atoms with E-state index in [1.165, 1.54) is 0 Å². The Hall–Kier alpha value is -3.44. The molecule has 0 spiro atoms. The maximum absolute atomic E-state index is 12.6. The Labute approximate surface area is 217 Å². The number of aliphatic carboxylic acids is 1. The van der Waals surface area contributed by atoms with Crippen LogP contribution in [0.25, 0.3) is 0 Å². The van der Waals surface area contributed by atoms with Crippen molar-refractivity contribution in [3.8, 4) is 5.75 Å². The van der Waals surface area contributed by atoms with Crippen LogP contribution < -0.4 is 10.1 Å². The quantitative estimate of drug-likeness (QED) is 0.238. The number of ether oxygens (including phenoxy) is 3. The van der Waals surface area contributed by atoms with E-state index in [-0.39, 0.29) is 24.0 Å². The number of thiocarbonyl (C=S) groups is 1. The SMILES string of the molecule is O=C(O)CC1C(=O)OC(=O)C1CC(=O)SCC(COc1ccccc1)OC(=S)NCc1ccccc1. The molecule has 0 aliphatic carbocycles. The Kier molecular flexibility index (Phi) is 10.3. The second kappa shape index (κ2) is 13.6. The van der Waals surface area contributed by atoms with Gasteiger partial charge < -0.3 is 24.6 Å². The molecule has 1 aliphatic heterocycles. The fourth-order valence-electron chi connectivity index (χ4n) is 3.43. The summed E-state index contributed by atoms with van der Waals surface area (Å²) >= 11 is 6.19. The molecule has 36 heavy (non-hydrogen) atoms. The van der Waals surface area contributed by atoms with Gasteiger partial charge in [0.15, 0.2) is 5.12 Å². The zero-order chi connectivity index (χ0) is 25.9. The second-order valence-electron chi connectivity index (χ2n) is 7.93. The summed E-state index contributed by atoms with van der Waals surface area (Å²) in [6.45, 7) is 0.559. The molecule has 1 saturated heterocycles. The monoisotopic (exact) mass is 531 g/mol. The van der Waals surface area contributed by atoms with Gasteiger partial charge in [-0.25, -0.2) is 0 Å². The van der Waals surface area contributed by atoms with E-state index in [0.29, 0.717) is 12.3 Å². The van der Waals surface area contributed by atoms with Crippen LogP contribution in [0.4, 0.5) is 0 Å². The molecule has 1 heterocycles. The third-order valence-electron chi connectivity index (χ3n) is 5.24. The molecule has 3 atom stereocenters. The number of carboxylic acids is 1. The summed E-state index contributed by atoms with van der Waals surface area (Å²) in [5.74, 6) is -4.58. The number of thioether (sulfide) groups is 1. The van der Waals surface area contributed by atoms with Gasteiger partial charge in [0.2, 0.25) is 0 Å². The molecule has 2 N–H and O–H groups in total. The molecule has 3 rings (SSSR count). The van der Waals surface area contributed by atoms with Crippen molar-refractivity contribution in [1.82, 2.24) is 5.32 Å². The number of cyclic esters (lactones) is 2. The van der Waals surface area contributed by atoms with Crippen LogP contribution in [0, 0.1) is 11.8 Å². The van der Waals surface area contributed by atoms with Crippen molar-refractivity contribution in [2.24, 2.45) is 11.8 Å². The van der Waals surface area contributed by atoms with E-state index in [2.05, 4.69) is 10.1 Å². The van der Waals surface area contributed by atoms with Crippen LogP contribution in [-0.2, 0) is 35.2 Å². The molecule has 2 aromatic carbocycles. The van der Waals surface area contributed by atoms with Crippen LogP contribution in [0.5, 0.6) is 5.75 Å². The summed E-state index contributed by atoms with van der Waals surface area (Å²) in [4.78, 5) is 47.4. The highest BCUT2D eigenvalue weighted by atomic mass is 32.2. The van der Waals surface area contributed by atoms with Gasteiger partial charge in [0, 0.05) is 18.7 Å². The molecule has 0 saturated carbocycles. The molecule has 1 aliphatic rings. The fraction of sp³-hybridized carbons (Fsp3) is 0.320. The van der Waals surface area contributed by atoms with Crippen molar-refractivity contribution in [2.75, 3.05) is 12.4 Å². The lowest BCUT2D eigenvalue weighted by Crippen LogP contribution is -2.33. The largest absolute Gasteiger partial charge is 0.490 e. The van der Waals surface area contributed by atoms with E-state index < -0.39 is 47.4 Å². The van der Waals surface area contributed by atoms with Crippen molar-refractivity contribution < 1.29 is 38.5 Å². The Morgan fingerprint density at radius 3 is 2.25 bits per heavy atom. The first-order valence-corrected chi connectivity index (χ1v) is 12.5. The molecule has 3 unspecified atom stereocenters. The standard InChI is InChI=1S/C25H25NO8S2/c27-21(28)11-19-20(24(31)34-23(19)30)12-22(29)36-15-18(14-32-17-9-5-2-6-10-17)33-25(35)26-13-16-7-3-1-4-8-16/h1-10,18-20H,11-15H2,(H,26,35)(H,27,28). The number of para-hydroxylation sites is 1. The third kappa shape index (κ3) is 8.65. The zero-order valence-electron chi connectivity index (χ0n) is 19.2. The van der Waals surface area contributed by atoms with Gasteiger partial charge in [0.05, 0.1) is 18.3 Å². The molecule has 0 amide bonds. The predicted octanol–water partition coefficient (Wildman–Crippen LogP) is 2.97. The zero-order valence-corrected chi connectivity index (χ0v) is 20.8. The number of hydrogen-bond acceptors (Lipinski definition) is 9. The molecule has 0 radical (unpaired) electrons. The normalized spacial score (nSPS) is 17.7. The highest BCUT2D eigenvalue weighted by Crippen LogP contribution is 2.31. The average Bonchev–Trinajstić information content (AvgIpc) is 3.12. The lowest BCUT2D eigenvalue weighted by Gasteiger charge is -2.20. The minimum atomic E-state index is -1.25. The number of hydrogen-bond donors (Lipinski definition) is 2. The lowest BCUT2D eigenvalue weighted by molar-refractivity contribution is -0.155. The number of carbonyl (C=O) groups is 4. The van der Waals surface area contributed by atoms with E-state index in [9.17, 15) is 19.2 Å². The second-order valence-corrected chi connectivity index (χ2v) is 9.38. The highest BCUT2D eigenvalue weighted by Gasteiger charge is 2.46. The Morgan fingerprint density at radius 2 is 1.61 bits per heavy atom. The average molecular weight is 532 g/mol. The number of carbonyl (C=O) groups excluding carboxylic acids is 3. The number of nitrogens with one attached hydrogen (secondary N) is 1. The summed E-state index contributed by atoms with van der Waals surface area (Å²) < 4.78 is 16.1. The summed E-state index contributed by atoms with van der Waals surface area (Å²) in [7, 11) is 0. The van der Waals surface area contributed by atoms with Crippen LogP contribution in [0.1, 0.15) is 18.4 Å². The number of esters is 2. The maximum Gasteiger partial charge on any atom is 0.318 e. The summed E-state index contributed by atoms with van der Waals surface area (Å²) in [6.07, 6.45) is -1.51. The van der Waals surface area contributed by atoms with E-state index in [1.807, 2.05) is 48.5 Å². The predicted molar refractivity (Wildman–Crippen MR) is 135 cm³/mol. The van der Waals surface area contributed by atoms with Crippen molar-refractivity contribution in [3.05, 3.63) is 66.2 Å². The van der Waals surface area contributed by atoms with Gasteiger partial charge in [-0.1, -0.05) is 60.3 Å². The molecule has 0 aromatic heterocycles. The van der Waals surface area contributed by atoms with Crippen molar-refractivity contribution in [3.63, 3.8) is 0 Å². The van der Waals surface area contributed by atoms with Crippen molar-refractivity contribution in [1.29, 1.82) is 0 Å². The fourth-order valence-corrected chi connectivity index (χ4v) is 4.47. The lowest BCUT2D eigenvalue weighted by atomic mass is 9.90. The minimum absolute atomic E-state index is 0.100. The first-order chi connectivity index (χ1) is 17.3. The first kappa shape index (κ1) is 27.2. The Morgan fingerprint density at radius 1 is 1.00 bits per heavy atom. The summed E-state index contributed by atoms with van der Waals surface area (Å²) in [6, 6.07) is 18.7.